The minimum atomic E-state index is -0.0998. The summed E-state index contributed by atoms with van der Waals surface area (Å²) < 4.78 is 0. The summed E-state index contributed by atoms with van der Waals surface area (Å²) in [5.74, 6) is 0.442. The van der Waals surface area contributed by atoms with Gasteiger partial charge in [0, 0.05) is 35.3 Å². The van der Waals surface area contributed by atoms with Gasteiger partial charge in [-0.2, -0.15) is 0 Å². The fraction of sp³-hybridized carbons (Fsp3) is 0.167. The molecule has 0 saturated heterocycles. The van der Waals surface area contributed by atoms with Gasteiger partial charge in [0.1, 0.15) is 4.88 Å². The molecule has 5 rings (SSSR count). The predicted octanol–water partition coefficient (Wildman–Crippen LogP) is 5.33. The van der Waals surface area contributed by atoms with Crippen LogP contribution in [0.4, 0.5) is 11.4 Å². The molecule has 0 saturated carbocycles. The minimum absolute atomic E-state index is 0.0998. The summed E-state index contributed by atoms with van der Waals surface area (Å²) in [6.45, 7) is 3.25. The van der Waals surface area contributed by atoms with Crippen molar-refractivity contribution in [3.63, 3.8) is 0 Å². The summed E-state index contributed by atoms with van der Waals surface area (Å²) in [6.07, 6.45) is 4.17. The van der Waals surface area contributed by atoms with Crippen LogP contribution in [0.3, 0.4) is 0 Å². The van der Waals surface area contributed by atoms with E-state index in [1.807, 2.05) is 6.92 Å². The Labute approximate surface area is 194 Å². The van der Waals surface area contributed by atoms with Crippen LogP contribution in [0.5, 0.6) is 0 Å². The molecule has 32 heavy (non-hydrogen) atoms. The number of carbonyl (C=O) groups is 1. The molecule has 2 aromatic heterocycles. The molecule has 1 aliphatic heterocycles. The van der Waals surface area contributed by atoms with E-state index in [-0.39, 0.29) is 5.91 Å². The van der Waals surface area contributed by atoms with Gasteiger partial charge in [-0.15, -0.1) is 11.3 Å². The van der Waals surface area contributed by atoms with Gasteiger partial charge in [0.2, 0.25) is 0 Å². The Morgan fingerprint density at radius 2 is 1.62 bits per heavy atom. The maximum absolute atomic E-state index is 12.8. The molecular weight excluding hydrogens is 438 g/mol. The molecule has 1 N–H and O–H groups in total. The van der Waals surface area contributed by atoms with Gasteiger partial charge in [0.15, 0.2) is 10.8 Å². The maximum Gasteiger partial charge on any atom is 0.263 e. The summed E-state index contributed by atoms with van der Waals surface area (Å²) in [5, 5.41) is 3.71. The van der Waals surface area contributed by atoms with E-state index in [4.69, 9.17) is 0 Å². The highest BCUT2D eigenvalue weighted by atomic mass is 32.2. The summed E-state index contributed by atoms with van der Waals surface area (Å²) >= 11 is 3.13. The van der Waals surface area contributed by atoms with Gasteiger partial charge >= 0.3 is 0 Å². The van der Waals surface area contributed by atoms with Gasteiger partial charge in [-0.3, -0.25) is 4.79 Å². The Morgan fingerprint density at radius 1 is 0.969 bits per heavy atom. The number of benzene rings is 2. The van der Waals surface area contributed by atoms with Crippen LogP contribution in [0, 0.1) is 6.92 Å². The first kappa shape index (κ1) is 20.7. The highest BCUT2D eigenvalue weighted by molar-refractivity contribution is 7.99. The molecule has 0 aliphatic carbocycles. The minimum Gasteiger partial charge on any atom is -0.351 e. The lowest BCUT2D eigenvalue weighted by Crippen LogP contribution is -2.28. The smallest absolute Gasteiger partial charge is 0.263 e. The zero-order valence-corrected chi connectivity index (χ0v) is 19.1. The first-order valence-corrected chi connectivity index (χ1v) is 12.0. The zero-order valence-electron chi connectivity index (χ0n) is 17.5. The molecule has 1 amide bonds. The number of para-hydroxylation sites is 2. The fourth-order valence-corrected chi connectivity index (χ4v) is 5.68. The number of amides is 1. The molecule has 8 heteroatoms. The topological polar surface area (TPSA) is 71.0 Å². The van der Waals surface area contributed by atoms with Crippen molar-refractivity contribution in [2.24, 2.45) is 0 Å². The number of aryl methyl sites for hydroxylation is 1. The van der Waals surface area contributed by atoms with Crippen molar-refractivity contribution < 1.29 is 4.79 Å². The van der Waals surface area contributed by atoms with Crippen molar-refractivity contribution in [1.29, 1.82) is 0 Å². The van der Waals surface area contributed by atoms with Gasteiger partial charge in [-0.05, 0) is 43.7 Å². The van der Waals surface area contributed by atoms with Crippen molar-refractivity contribution in [2.45, 2.75) is 23.1 Å². The molecule has 160 valence electrons. The first-order valence-electron chi connectivity index (χ1n) is 10.4. The van der Waals surface area contributed by atoms with E-state index in [0.29, 0.717) is 27.9 Å². The average molecular weight is 460 g/mol. The Morgan fingerprint density at radius 3 is 2.31 bits per heavy atom. The number of fused-ring (bicyclic) bond motifs is 2. The largest absolute Gasteiger partial charge is 0.351 e. The molecule has 0 spiro atoms. The molecule has 6 nitrogen and oxygen atoms in total. The number of anilines is 2. The second-order valence-electron chi connectivity index (χ2n) is 7.30. The summed E-state index contributed by atoms with van der Waals surface area (Å²) in [6, 6.07) is 18.7. The van der Waals surface area contributed by atoms with Crippen LogP contribution in [0.1, 0.15) is 21.8 Å². The third-order valence-corrected chi connectivity index (χ3v) is 7.42. The number of nitrogens with one attached hydrogen (secondary N) is 1. The fourth-order valence-electron chi connectivity index (χ4n) is 3.65. The number of carbonyl (C=O) groups excluding carboxylic acids is 1. The molecule has 3 heterocycles. The maximum atomic E-state index is 12.8. The monoisotopic (exact) mass is 459 g/mol. The highest BCUT2D eigenvalue weighted by Crippen LogP contribution is 2.47. The van der Waals surface area contributed by atoms with Crippen LogP contribution < -0.4 is 10.2 Å². The van der Waals surface area contributed by atoms with Gasteiger partial charge in [-0.1, -0.05) is 36.0 Å². The molecule has 0 bridgehead atoms. The lowest BCUT2D eigenvalue weighted by Gasteiger charge is -2.32. The summed E-state index contributed by atoms with van der Waals surface area (Å²) in [4.78, 5) is 31.1. The van der Waals surface area contributed by atoms with Crippen LogP contribution in [-0.4, -0.2) is 33.9 Å². The third kappa shape index (κ3) is 4.11. The average Bonchev–Trinajstić information content (AvgIpc) is 3.23. The van der Waals surface area contributed by atoms with Crippen molar-refractivity contribution in [3.8, 4) is 10.8 Å². The number of aromatic nitrogens is 3. The summed E-state index contributed by atoms with van der Waals surface area (Å²) in [5.41, 5.74) is 3.13. The van der Waals surface area contributed by atoms with Crippen molar-refractivity contribution in [2.75, 3.05) is 18.0 Å². The number of thiazole rings is 1. The van der Waals surface area contributed by atoms with Crippen molar-refractivity contribution >= 4 is 40.4 Å². The molecule has 4 aromatic rings. The summed E-state index contributed by atoms with van der Waals surface area (Å²) in [7, 11) is 0. The molecule has 1 aliphatic rings. The molecule has 2 aromatic carbocycles. The van der Waals surface area contributed by atoms with E-state index < -0.39 is 0 Å². The number of hydrogen-bond donors (Lipinski definition) is 1. The first-order chi connectivity index (χ1) is 15.7. The van der Waals surface area contributed by atoms with Crippen molar-refractivity contribution in [1.82, 2.24) is 20.3 Å². The van der Waals surface area contributed by atoms with E-state index in [1.54, 1.807) is 30.2 Å². The van der Waals surface area contributed by atoms with Crippen molar-refractivity contribution in [3.05, 3.63) is 77.6 Å². The second kappa shape index (κ2) is 9.10. The van der Waals surface area contributed by atoms with Crippen LogP contribution in [0.15, 0.2) is 76.8 Å². The Kier molecular flexibility index (Phi) is 5.87. The quantitative estimate of drug-likeness (QED) is 0.393. The van der Waals surface area contributed by atoms with Crippen LogP contribution in [0.2, 0.25) is 0 Å². The Hall–Kier alpha value is -3.23. The van der Waals surface area contributed by atoms with Crippen LogP contribution >= 0.6 is 23.1 Å². The lowest BCUT2D eigenvalue weighted by molar-refractivity contribution is 0.0956. The molecular formula is C24H21N5OS2. The van der Waals surface area contributed by atoms with E-state index >= 15 is 0 Å². The Bertz CT molecular complexity index is 1210. The molecule has 0 fully saturated rings. The van der Waals surface area contributed by atoms with Gasteiger partial charge in [-0.25, -0.2) is 15.0 Å². The van der Waals surface area contributed by atoms with Crippen LogP contribution in [0.25, 0.3) is 10.8 Å². The molecule has 0 unspecified atom stereocenters. The van der Waals surface area contributed by atoms with Crippen LogP contribution in [-0.2, 0) is 0 Å². The molecule has 0 radical (unpaired) electrons. The van der Waals surface area contributed by atoms with Gasteiger partial charge in [0.05, 0.1) is 17.1 Å². The normalized spacial score (nSPS) is 12.2. The number of rotatable bonds is 6. The van der Waals surface area contributed by atoms with E-state index in [9.17, 15) is 4.79 Å². The second-order valence-corrected chi connectivity index (χ2v) is 9.39. The SMILES string of the molecule is Cc1nc(-c2ncccn2)sc1C(=O)NCCCN1c2ccccc2Sc2ccccc21. The van der Waals surface area contributed by atoms with Gasteiger partial charge < -0.3 is 10.2 Å². The number of hydrogen-bond acceptors (Lipinski definition) is 7. The molecule has 0 atom stereocenters. The van der Waals surface area contributed by atoms with Gasteiger partial charge in [0.25, 0.3) is 5.91 Å². The third-order valence-electron chi connectivity index (χ3n) is 5.14. The van der Waals surface area contributed by atoms with E-state index in [0.717, 1.165) is 13.0 Å². The highest BCUT2D eigenvalue weighted by Gasteiger charge is 2.22. The lowest BCUT2D eigenvalue weighted by atomic mass is 10.2. The zero-order chi connectivity index (χ0) is 21.9. The number of nitrogens with zero attached hydrogens (tertiary/aromatic N) is 4. The predicted molar refractivity (Wildman–Crippen MR) is 129 cm³/mol. The van der Waals surface area contributed by atoms with E-state index in [2.05, 4.69) is 73.7 Å². The Balaban J connectivity index is 1.24. The van der Waals surface area contributed by atoms with E-state index in [1.165, 1.54) is 32.5 Å². The standard InChI is InChI=1S/C24H21N5OS2/c1-16-21(32-24(28-16)22-25-12-6-13-26-22)23(30)27-14-7-15-29-17-8-2-4-10-19(17)31-20-11-5-3-9-18(20)29/h2-6,8-13H,7,14-15H2,1H3,(H,27,30).